The van der Waals surface area contributed by atoms with Crippen molar-refractivity contribution >= 4 is 13.5 Å². The van der Waals surface area contributed by atoms with E-state index in [0.717, 1.165) is 6.04 Å². The topological polar surface area (TPSA) is 23.5 Å². The molecule has 0 unspecified atom stereocenters. The van der Waals surface area contributed by atoms with Crippen LogP contribution in [-0.4, -0.2) is 35.7 Å². The minimum atomic E-state index is 0. The van der Waals surface area contributed by atoms with Crippen molar-refractivity contribution in [1.29, 1.82) is 0 Å². The summed E-state index contributed by atoms with van der Waals surface area (Å²) in [5.41, 5.74) is 0. The summed E-state index contributed by atoms with van der Waals surface area (Å²) in [4.78, 5) is 2.28. The van der Waals surface area contributed by atoms with E-state index in [4.69, 9.17) is 5.11 Å². The Morgan fingerprint density at radius 3 is 2.36 bits per heavy atom. The first-order valence-corrected chi connectivity index (χ1v) is 4.08. The molecule has 1 saturated carbocycles. The molecule has 68 valence electrons. The van der Waals surface area contributed by atoms with Crippen molar-refractivity contribution < 1.29 is 5.11 Å². The Balaban J connectivity index is 0.000001000. The lowest BCUT2D eigenvalue weighted by molar-refractivity contribution is 0.0802. The first-order chi connectivity index (χ1) is 4.75. The Kier molecular flexibility index (Phi) is 5.13. The highest BCUT2D eigenvalue weighted by atomic mass is 32.1. The van der Waals surface area contributed by atoms with Crippen LogP contribution in [0.1, 0.15) is 26.2 Å². The van der Waals surface area contributed by atoms with Crippen LogP contribution in [-0.2, 0) is 0 Å². The zero-order valence-corrected chi connectivity index (χ0v) is 8.38. The molecule has 1 N–H and O–H groups in total. The summed E-state index contributed by atoms with van der Waals surface area (Å²) in [5, 5.41) is 8.83. The lowest BCUT2D eigenvalue weighted by Gasteiger charge is -2.37. The van der Waals surface area contributed by atoms with Crippen molar-refractivity contribution in [3.05, 3.63) is 0 Å². The van der Waals surface area contributed by atoms with E-state index in [9.17, 15) is 0 Å². The van der Waals surface area contributed by atoms with Gasteiger partial charge in [-0.25, -0.2) is 0 Å². The van der Waals surface area contributed by atoms with Crippen LogP contribution >= 0.6 is 13.5 Å². The zero-order valence-electron chi connectivity index (χ0n) is 7.38. The average molecular weight is 177 g/mol. The fraction of sp³-hybridized carbons (Fsp3) is 1.00. The summed E-state index contributed by atoms with van der Waals surface area (Å²) >= 11 is 0. The van der Waals surface area contributed by atoms with Crippen molar-refractivity contribution in [2.75, 3.05) is 13.7 Å². The van der Waals surface area contributed by atoms with Gasteiger partial charge in [0.1, 0.15) is 0 Å². The fourth-order valence-corrected chi connectivity index (χ4v) is 1.28. The molecule has 0 spiro atoms. The van der Waals surface area contributed by atoms with Crippen LogP contribution in [0.15, 0.2) is 0 Å². The number of aliphatic hydroxyl groups is 1. The third kappa shape index (κ3) is 2.65. The van der Waals surface area contributed by atoms with E-state index in [2.05, 4.69) is 18.9 Å². The third-order valence-corrected chi connectivity index (χ3v) is 2.61. The van der Waals surface area contributed by atoms with Crippen LogP contribution < -0.4 is 0 Å². The second kappa shape index (κ2) is 5.01. The molecule has 0 aromatic rings. The molecule has 1 rings (SSSR count). The van der Waals surface area contributed by atoms with Crippen molar-refractivity contribution in [3.8, 4) is 0 Å². The molecule has 0 saturated heterocycles. The molecule has 0 amide bonds. The van der Waals surface area contributed by atoms with Gasteiger partial charge in [-0.05, 0) is 26.8 Å². The number of rotatable bonds is 3. The summed E-state index contributed by atoms with van der Waals surface area (Å²) in [5.74, 6) is 0. The molecule has 1 fully saturated rings. The fourth-order valence-electron chi connectivity index (χ4n) is 1.28. The number of nitrogens with zero attached hydrogens (tertiary/aromatic N) is 1. The van der Waals surface area contributed by atoms with E-state index in [1.54, 1.807) is 0 Å². The maximum atomic E-state index is 8.83. The van der Waals surface area contributed by atoms with Crippen LogP contribution in [0.3, 0.4) is 0 Å². The molecule has 3 heteroatoms. The maximum Gasteiger partial charge on any atom is 0.0584 e. The normalized spacial score (nSPS) is 20.7. The molecule has 2 nitrogen and oxygen atoms in total. The Morgan fingerprint density at radius 2 is 2.09 bits per heavy atom. The lowest BCUT2D eigenvalue weighted by atomic mass is 9.91. The van der Waals surface area contributed by atoms with Crippen LogP contribution in [0.25, 0.3) is 0 Å². The van der Waals surface area contributed by atoms with Crippen LogP contribution in [0.5, 0.6) is 0 Å². The predicted octanol–water partition coefficient (Wildman–Crippen LogP) is 0.964. The average Bonchev–Trinajstić information content (AvgIpc) is 1.82. The van der Waals surface area contributed by atoms with Gasteiger partial charge >= 0.3 is 0 Å². The van der Waals surface area contributed by atoms with E-state index in [0.29, 0.717) is 6.04 Å². The second-order valence-electron chi connectivity index (χ2n) is 3.28. The highest BCUT2D eigenvalue weighted by Crippen LogP contribution is 2.24. The first-order valence-electron chi connectivity index (χ1n) is 4.08. The largest absolute Gasteiger partial charge is 0.395 e. The molecule has 0 aliphatic heterocycles. The third-order valence-electron chi connectivity index (χ3n) is 2.61. The molecule has 0 aromatic heterocycles. The van der Waals surface area contributed by atoms with Crippen molar-refractivity contribution in [1.82, 2.24) is 4.90 Å². The number of likely N-dealkylation sites (N-methyl/N-ethyl adjacent to an activating group) is 1. The van der Waals surface area contributed by atoms with Gasteiger partial charge in [0.05, 0.1) is 6.61 Å². The highest BCUT2D eigenvalue weighted by Gasteiger charge is 2.24. The Labute approximate surface area is 76.0 Å². The van der Waals surface area contributed by atoms with Crippen LogP contribution in [0, 0.1) is 0 Å². The van der Waals surface area contributed by atoms with Gasteiger partial charge in [-0.3, -0.25) is 4.90 Å². The molecule has 0 heterocycles. The summed E-state index contributed by atoms with van der Waals surface area (Å²) in [7, 11) is 2.10. The minimum Gasteiger partial charge on any atom is -0.395 e. The molecule has 1 aliphatic rings. The monoisotopic (exact) mass is 177 g/mol. The molecular weight excluding hydrogens is 158 g/mol. The van der Waals surface area contributed by atoms with Gasteiger partial charge in [0, 0.05) is 12.1 Å². The van der Waals surface area contributed by atoms with Gasteiger partial charge in [0.15, 0.2) is 0 Å². The van der Waals surface area contributed by atoms with Crippen LogP contribution in [0.4, 0.5) is 0 Å². The standard InChI is InChI=1S/C8H17NO.H2S/c1-7(6-10)9(2)8-4-3-5-8;/h7-8,10H,3-6H2,1-2H3;1H2/t7-;/m0./s1. The Hall–Kier alpha value is 0.270. The predicted molar refractivity (Wildman–Crippen MR) is 52.3 cm³/mol. The molecule has 0 aromatic carbocycles. The molecule has 1 atom stereocenters. The summed E-state index contributed by atoms with van der Waals surface area (Å²) in [6, 6.07) is 1.09. The zero-order chi connectivity index (χ0) is 7.56. The number of aliphatic hydroxyl groups excluding tert-OH is 1. The quantitative estimate of drug-likeness (QED) is 0.694. The van der Waals surface area contributed by atoms with Crippen LogP contribution in [0.2, 0.25) is 0 Å². The van der Waals surface area contributed by atoms with Gasteiger partial charge in [0.25, 0.3) is 0 Å². The van der Waals surface area contributed by atoms with E-state index < -0.39 is 0 Å². The second-order valence-corrected chi connectivity index (χ2v) is 3.28. The van der Waals surface area contributed by atoms with Crippen molar-refractivity contribution in [2.45, 2.75) is 38.3 Å². The first kappa shape index (κ1) is 11.3. The SMILES string of the molecule is C[C@@H](CO)N(C)C1CCC1.S. The molecule has 0 bridgehead atoms. The number of hydrogen-bond acceptors (Lipinski definition) is 2. The van der Waals surface area contributed by atoms with Gasteiger partial charge in [-0.1, -0.05) is 6.42 Å². The molecule has 0 radical (unpaired) electrons. The molecule has 11 heavy (non-hydrogen) atoms. The van der Waals surface area contributed by atoms with E-state index in [-0.39, 0.29) is 20.1 Å². The minimum absolute atomic E-state index is 0. The smallest absolute Gasteiger partial charge is 0.0584 e. The Morgan fingerprint density at radius 1 is 1.55 bits per heavy atom. The van der Waals surface area contributed by atoms with Gasteiger partial charge < -0.3 is 5.11 Å². The van der Waals surface area contributed by atoms with Gasteiger partial charge in [-0.2, -0.15) is 13.5 Å². The van der Waals surface area contributed by atoms with Gasteiger partial charge in [0.2, 0.25) is 0 Å². The summed E-state index contributed by atoms with van der Waals surface area (Å²) < 4.78 is 0. The summed E-state index contributed by atoms with van der Waals surface area (Å²) in [6.07, 6.45) is 4.01. The van der Waals surface area contributed by atoms with E-state index in [1.165, 1.54) is 19.3 Å². The Bertz CT molecular complexity index is 102. The summed E-state index contributed by atoms with van der Waals surface area (Å²) in [6.45, 7) is 2.35. The molecular formula is C8H19NOS. The number of hydrogen-bond donors (Lipinski definition) is 1. The highest BCUT2D eigenvalue weighted by molar-refractivity contribution is 7.59. The van der Waals surface area contributed by atoms with E-state index >= 15 is 0 Å². The lowest BCUT2D eigenvalue weighted by Crippen LogP contribution is -2.44. The maximum absolute atomic E-state index is 8.83. The van der Waals surface area contributed by atoms with Crippen molar-refractivity contribution in [3.63, 3.8) is 0 Å². The van der Waals surface area contributed by atoms with Gasteiger partial charge in [-0.15, -0.1) is 0 Å². The molecule has 1 aliphatic carbocycles. The van der Waals surface area contributed by atoms with Crippen molar-refractivity contribution in [2.24, 2.45) is 0 Å². The van der Waals surface area contributed by atoms with E-state index in [1.807, 2.05) is 0 Å².